The van der Waals surface area contributed by atoms with Crippen LogP contribution in [-0.2, 0) is 20.9 Å². The van der Waals surface area contributed by atoms with E-state index in [1.165, 1.54) is 0 Å². The standard InChI is InChI=1S/C17H19NO3/c1-2-11-20-17(19)16(15-9-6-10-18-12-15)21-13-14-7-4-3-5-8-14/h3-10,12,16H,2,11,13H2,1H3. The Kier molecular flexibility index (Phi) is 5.91. The lowest BCUT2D eigenvalue weighted by Crippen LogP contribution is -2.19. The van der Waals surface area contributed by atoms with Gasteiger partial charge in [-0.2, -0.15) is 0 Å². The largest absolute Gasteiger partial charge is 0.464 e. The molecule has 4 heteroatoms. The molecule has 110 valence electrons. The molecule has 2 aromatic rings. The molecule has 21 heavy (non-hydrogen) atoms. The maximum Gasteiger partial charge on any atom is 0.340 e. The molecule has 0 spiro atoms. The number of carbonyl (C=O) groups is 1. The molecule has 1 aromatic carbocycles. The van der Waals surface area contributed by atoms with Crippen molar-refractivity contribution >= 4 is 5.97 Å². The number of rotatable bonds is 7. The minimum absolute atomic E-state index is 0.349. The van der Waals surface area contributed by atoms with Crippen molar-refractivity contribution in [3.63, 3.8) is 0 Å². The first-order chi connectivity index (χ1) is 10.3. The van der Waals surface area contributed by atoms with Gasteiger partial charge in [0.05, 0.1) is 13.2 Å². The van der Waals surface area contributed by atoms with Crippen molar-refractivity contribution in [2.75, 3.05) is 6.61 Å². The van der Waals surface area contributed by atoms with E-state index in [0.717, 1.165) is 12.0 Å². The lowest BCUT2D eigenvalue weighted by Gasteiger charge is -2.17. The van der Waals surface area contributed by atoms with Crippen LogP contribution in [-0.4, -0.2) is 17.6 Å². The second-order valence-electron chi connectivity index (χ2n) is 4.63. The van der Waals surface area contributed by atoms with Gasteiger partial charge < -0.3 is 9.47 Å². The molecule has 1 heterocycles. The lowest BCUT2D eigenvalue weighted by molar-refractivity contribution is -0.158. The number of hydrogen-bond donors (Lipinski definition) is 0. The zero-order valence-electron chi connectivity index (χ0n) is 12.1. The summed E-state index contributed by atoms with van der Waals surface area (Å²) in [5, 5.41) is 0. The van der Waals surface area contributed by atoms with Crippen molar-refractivity contribution in [1.29, 1.82) is 0 Å². The quantitative estimate of drug-likeness (QED) is 0.732. The molecule has 0 saturated heterocycles. The van der Waals surface area contributed by atoms with Crippen molar-refractivity contribution in [3.05, 3.63) is 66.0 Å². The highest BCUT2D eigenvalue weighted by Crippen LogP contribution is 2.20. The van der Waals surface area contributed by atoms with Crippen LogP contribution in [0.25, 0.3) is 0 Å². The zero-order chi connectivity index (χ0) is 14.9. The molecule has 1 unspecified atom stereocenters. The molecule has 1 aromatic heterocycles. The highest BCUT2D eigenvalue weighted by atomic mass is 16.6. The molecule has 0 aliphatic carbocycles. The maximum absolute atomic E-state index is 12.1. The van der Waals surface area contributed by atoms with Crippen LogP contribution in [0.15, 0.2) is 54.9 Å². The van der Waals surface area contributed by atoms with Crippen LogP contribution in [0.2, 0.25) is 0 Å². The maximum atomic E-state index is 12.1. The normalized spacial score (nSPS) is 11.9. The van der Waals surface area contributed by atoms with Gasteiger partial charge in [0.15, 0.2) is 6.10 Å². The molecule has 0 bridgehead atoms. The topological polar surface area (TPSA) is 48.4 Å². The van der Waals surface area contributed by atoms with Crippen molar-refractivity contribution in [3.8, 4) is 0 Å². The summed E-state index contributed by atoms with van der Waals surface area (Å²) in [5.74, 6) is -0.374. The van der Waals surface area contributed by atoms with Crippen LogP contribution in [0, 0.1) is 0 Å². The second-order valence-corrected chi connectivity index (χ2v) is 4.63. The van der Waals surface area contributed by atoms with Gasteiger partial charge in [-0.3, -0.25) is 4.98 Å². The van der Waals surface area contributed by atoms with Gasteiger partial charge in [0, 0.05) is 18.0 Å². The number of pyridine rings is 1. The van der Waals surface area contributed by atoms with Crippen LogP contribution >= 0.6 is 0 Å². The number of benzene rings is 1. The van der Waals surface area contributed by atoms with E-state index in [4.69, 9.17) is 9.47 Å². The molecular weight excluding hydrogens is 266 g/mol. The van der Waals surface area contributed by atoms with Gasteiger partial charge in [0.1, 0.15) is 0 Å². The third-order valence-electron chi connectivity index (χ3n) is 2.91. The number of hydrogen-bond acceptors (Lipinski definition) is 4. The van der Waals surface area contributed by atoms with E-state index >= 15 is 0 Å². The van der Waals surface area contributed by atoms with Gasteiger partial charge >= 0.3 is 5.97 Å². The molecule has 0 aliphatic heterocycles. The summed E-state index contributed by atoms with van der Waals surface area (Å²) >= 11 is 0. The summed E-state index contributed by atoms with van der Waals surface area (Å²) in [4.78, 5) is 16.2. The third-order valence-corrected chi connectivity index (χ3v) is 2.91. The Balaban J connectivity index is 2.07. The van der Waals surface area contributed by atoms with E-state index in [0.29, 0.717) is 18.8 Å². The fraction of sp³-hybridized carbons (Fsp3) is 0.294. The summed E-state index contributed by atoms with van der Waals surface area (Å²) < 4.78 is 11.0. The Hall–Kier alpha value is -2.20. The van der Waals surface area contributed by atoms with Gasteiger partial charge in [0.2, 0.25) is 0 Å². The number of nitrogens with zero attached hydrogens (tertiary/aromatic N) is 1. The van der Waals surface area contributed by atoms with Gasteiger partial charge in [-0.15, -0.1) is 0 Å². The first-order valence-corrected chi connectivity index (χ1v) is 7.03. The Morgan fingerprint density at radius 3 is 2.67 bits per heavy atom. The highest BCUT2D eigenvalue weighted by Gasteiger charge is 2.23. The number of esters is 1. The van der Waals surface area contributed by atoms with Gasteiger partial charge in [-0.05, 0) is 18.1 Å². The monoisotopic (exact) mass is 285 g/mol. The van der Waals surface area contributed by atoms with Crippen molar-refractivity contribution < 1.29 is 14.3 Å². The Labute approximate surface area is 124 Å². The van der Waals surface area contributed by atoms with E-state index in [1.54, 1.807) is 18.5 Å². The predicted octanol–water partition coefficient (Wildman–Crippen LogP) is 3.29. The molecule has 0 N–H and O–H groups in total. The van der Waals surface area contributed by atoms with Gasteiger partial charge in [-0.1, -0.05) is 43.3 Å². The minimum atomic E-state index is -0.745. The molecule has 0 amide bonds. The molecule has 0 aliphatic rings. The van der Waals surface area contributed by atoms with Crippen LogP contribution < -0.4 is 0 Å². The molecule has 0 fully saturated rings. The molecule has 2 rings (SSSR count). The van der Waals surface area contributed by atoms with E-state index in [1.807, 2.05) is 43.3 Å². The van der Waals surface area contributed by atoms with E-state index in [2.05, 4.69) is 4.98 Å². The number of ether oxygens (including phenoxy) is 2. The van der Waals surface area contributed by atoms with Crippen molar-refractivity contribution in [1.82, 2.24) is 4.98 Å². The summed E-state index contributed by atoms with van der Waals surface area (Å²) in [6, 6.07) is 13.3. The second kappa shape index (κ2) is 8.17. The Bertz CT molecular complexity index is 542. The van der Waals surface area contributed by atoms with Crippen LogP contribution in [0.1, 0.15) is 30.6 Å². The fourth-order valence-electron chi connectivity index (χ4n) is 1.86. The Morgan fingerprint density at radius 1 is 1.19 bits per heavy atom. The van der Waals surface area contributed by atoms with E-state index < -0.39 is 6.10 Å². The third kappa shape index (κ3) is 4.68. The predicted molar refractivity (Wildman–Crippen MR) is 79.5 cm³/mol. The minimum Gasteiger partial charge on any atom is -0.464 e. The van der Waals surface area contributed by atoms with Crippen LogP contribution in [0.5, 0.6) is 0 Å². The summed E-state index contributed by atoms with van der Waals surface area (Å²) in [6.45, 7) is 2.70. The zero-order valence-corrected chi connectivity index (χ0v) is 12.1. The SMILES string of the molecule is CCCOC(=O)C(OCc1ccccc1)c1cccnc1. The highest BCUT2D eigenvalue weighted by molar-refractivity contribution is 5.76. The molecule has 0 saturated carbocycles. The Morgan fingerprint density at radius 2 is 2.00 bits per heavy atom. The first-order valence-electron chi connectivity index (χ1n) is 7.03. The van der Waals surface area contributed by atoms with E-state index in [-0.39, 0.29) is 5.97 Å². The fourth-order valence-corrected chi connectivity index (χ4v) is 1.86. The van der Waals surface area contributed by atoms with E-state index in [9.17, 15) is 4.79 Å². The number of carbonyl (C=O) groups excluding carboxylic acids is 1. The number of aromatic nitrogens is 1. The molecular formula is C17H19NO3. The first kappa shape index (κ1) is 15.2. The average molecular weight is 285 g/mol. The van der Waals surface area contributed by atoms with Gasteiger partial charge in [-0.25, -0.2) is 4.79 Å². The van der Waals surface area contributed by atoms with Crippen LogP contribution in [0.4, 0.5) is 0 Å². The van der Waals surface area contributed by atoms with Crippen molar-refractivity contribution in [2.45, 2.75) is 26.1 Å². The summed E-state index contributed by atoms with van der Waals surface area (Å²) in [5.41, 5.74) is 1.71. The average Bonchev–Trinajstić information content (AvgIpc) is 2.55. The summed E-state index contributed by atoms with van der Waals surface area (Å²) in [6.07, 6.45) is 3.33. The summed E-state index contributed by atoms with van der Waals surface area (Å²) in [7, 11) is 0. The van der Waals surface area contributed by atoms with Crippen LogP contribution in [0.3, 0.4) is 0 Å². The van der Waals surface area contributed by atoms with Crippen molar-refractivity contribution in [2.24, 2.45) is 0 Å². The smallest absolute Gasteiger partial charge is 0.340 e. The molecule has 1 atom stereocenters. The molecule has 0 radical (unpaired) electrons. The van der Waals surface area contributed by atoms with Gasteiger partial charge in [0.25, 0.3) is 0 Å². The molecule has 4 nitrogen and oxygen atoms in total. The lowest BCUT2D eigenvalue weighted by atomic mass is 10.1.